The van der Waals surface area contributed by atoms with Gasteiger partial charge >= 0.3 is 5.97 Å². The van der Waals surface area contributed by atoms with Crippen molar-refractivity contribution in [1.29, 1.82) is 0 Å². The highest BCUT2D eigenvalue weighted by Gasteiger charge is 2.17. The summed E-state index contributed by atoms with van der Waals surface area (Å²) in [7, 11) is 0. The summed E-state index contributed by atoms with van der Waals surface area (Å²) in [5.41, 5.74) is 7.39. The Labute approximate surface area is 136 Å². The van der Waals surface area contributed by atoms with Gasteiger partial charge in [-0.15, -0.1) is 0 Å². The molecule has 0 amide bonds. The lowest BCUT2D eigenvalue weighted by Crippen LogP contribution is -2.01. The molecule has 3 rings (SSSR count). The number of H-pyrrole nitrogens is 1. The quantitative estimate of drug-likeness (QED) is 0.737. The molecule has 0 saturated heterocycles. The van der Waals surface area contributed by atoms with E-state index < -0.39 is 5.97 Å². The normalized spacial score (nSPS) is 11.1. The highest BCUT2D eigenvalue weighted by atomic mass is 16.4. The zero-order valence-electron chi connectivity index (χ0n) is 13.7. The van der Waals surface area contributed by atoms with Gasteiger partial charge in [0.05, 0.1) is 12.1 Å². The number of aliphatic carboxylic acids is 1. The van der Waals surface area contributed by atoms with Crippen LogP contribution < -0.4 is 0 Å². The van der Waals surface area contributed by atoms with Crippen molar-refractivity contribution in [3.8, 4) is 11.3 Å². The van der Waals surface area contributed by atoms with E-state index in [0.29, 0.717) is 0 Å². The fourth-order valence-electron chi connectivity index (χ4n) is 3.28. The number of aryl methyl sites for hydroxylation is 3. The largest absolute Gasteiger partial charge is 0.481 e. The highest BCUT2D eigenvalue weighted by Crippen LogP contribution is 2.33. The van der Waals surface area contributed by atoms with Crippen molar-refractivity contribution in [3.05, 3.63) is 58.7 Å². The SMILES string of the molecule is CCc1ccc(-c2[nH]c3cc(C)cc(C)c3c2CC(=O)O)cc1. The number of benzene rings is 2. The summed E-state index contributed by atoms with van der Waals surface area (Å²) in [6.07, 6.45) is 1.02. The van der Waals surface area contributed by atoms with Gasteiger partial charge in [-0.25, -0.2) is 0 Å². The molecular weight excluding hydrogens is 286 g/mol. The molecule has 3 heteroatoms. The van der Waals surface area contributed by atoms with Crippen LogP contribution in [0.5, 0.6) is 0 Å². The third-order valence-corrected chi connectivity index (χ3v) is 4.32. The fourth-order valence-corrected chi connectivity index (χ4v) is 3.28. The molecule has 1 heterocycles. The number of aromatic nitrogens is 1. The van der Waals surface area contributed by atoms with E-state index in [9.17, 15) is 9.90 Å². The second-order valence-electron chi connectivity index (χ2n) is 6.10. The predicted molar refractivity (Wildman–Crippen MR) is 93.9 cm³/mol. The Morgan fingerprint density at radius 1 is 1.13 bits per heavy atom. The third-order valence-electron chi connectivity index (χ3n) is 4.32. The van der Waals surface area contributed by atoms with Crippen molar-refractivity contribution in [2.45, 2.75) is 33.6 Å². The van der Waals surface area contributed by atoms with Crippen LogP contribution in [-0.4, -0.2) is 16.1 Å². The second-order valence-corrected chi connectivity index (χ2v) is 6.10. The molecule has 3 nitrogen and oxygen atoms in total. The zero-order chi connectivity index (χ0) is 16.6. The molecule has 0 saturated carbocycles. The van der Waals surface area contributed by atoms with Gasteiger partial charge in [-0.05, 0) is 54.2 Å². The van der Waals surface area contributed by atoms with Gasteiger partial charge in [0.2, 0.25) is 0 Å². The first-order valence-electron chi connectivity index (χ1n) is 7.92. The number of nitrogens with one attached hydrogen (secondary N) is 1. The van der Waals surface area contributed by atoms with Gasteiger partial charge in [-0.2, -0.15) is 0 Å². The Morgan fingerprint density at radius 3 is 2.43 bits per heavy atom. The number of carboxylic acid groups (broad SMARTS) is 1. The Balaban J connectivity index is 2.25. The number of hydrogen-bond acceptors (Lipinski definition) is 1. The maximum Gasteiger partial charge on any atom is 0.307 e. The van der Waals surface area contributed by atoms with Crippen LogP contribution in [0.1, 0.15) is 29.2 Å². The summed E-state index contributed by atoms with van der Waals surface area (Å²) in [4.78, 5) is 14.8. The third kappa shape index (κ3) is 2.87. The van der Waals surface area contributed by atoms with Gasteiger partial charge < -0.3 is 10.1 Å². The monoisotopic (exact) mass is 307 g/mol. The minimum Gasteiger partial charge on any atom is -0.481 e. The van der Waals surface area contributed by atoms with Crippen molar-refractivity contribution in [1.82, 2.24) is 4.98 Å². The molecular formula is C20H21NO2. The summed E-state index contributed by atoms with van der Waals surface area (Å²) < 4.78 is 0. The van der Waals surface area contributed by atoms with Crippen molar-refractivity contribution in [2.75, 3.05) is 0 Å². The van der Waals surface area contributed by atoms with E-state index >= 15 is 0 Å². The molecule has 0 bridgehead atoms. The van der Waals surface area contributed by atoms with Crippen LogP contribution in [0, 0.1) is 13.8 Å². The van der Waals surface area contributed by atoms with Crippen LogP contribution in [-0.2, 0) is 17.6 Å². The zero-order valence-corrected chi connectivity index (χ0v) is 13.7. The van der Waals surface area contributed by atoms with E-state index in [1.807, 2.05) is 6.92 Å². The van der Waals surface area contributed by atoms with Gasteiger partial charge in [0.1, 0.15) is 0 Å². The molecule has 1 aromatic heterocycles. The molecule has 23 heavy (non-hydrogen) atoms. The maximum atomic E-state index is 11.4. The highest BCUT2D eigenvalue weighted by molar-refractivity contribution is 5.96. The van der Waals surface area contributed by atoms with Crippen LogP contribution in [0.25, 0.3) is 22.2 Å². The van der Waals surface area contributed by atoms with Crippen LogP contribution in [0.15, 0.2) is 36.4 Å². The minimum atomic E-state index is -0.808. The lowest BCUT2D eigenvalue weighted by atomic mass is 9.98. The molecule has 3 aromatic rings. The van der Waals surface area contributed by atoms with Crippen molar-refractivity contribution in [2.24, 2.45) is 0 Å². The van der Waals surface area contributed by atoms with Crippen LogP contribution in [0.3, 0.4) is 0 Å². The van der Waals surface area contributed by atoms with E-state index in [4.69, 9.17) is 0 Å². The van der Waals surface area contributed by atoms with Gasteiger partial charge in [0, 0.05) is 10.9 Å². The smallest absolute Gasteiger partial charge is 0.307 e. The molecule has 2 N–H and O–H groups in total. The molecule has 0 spiro atoms. The van der Waals surface area contributed by atoms with Crippen molar-refractivity contribution >= 4 is 16.9 Å². The first-order valence-corrected chi connectivity index (χ1v) is 7.92. The second kappa shape index (κ2) is 5.92. The van der Waals surface area contributed by atoms with E-state index in [1.54, 1.807) is 0 Å². The molecule has 2 aromatic carbocycles. The number of carbonyl (C=O) groups is 1. The van der Waals surface area contributed by atoms with Crippen LogP contribution >= 0.6 is 0 Å². The molecule has 0 unspecified atom stereocenters. The Kier molecular flexibility index (Phi) is 3.95. The van der Waals surface area contributed by atoms with Gasteiger partial charge in [0.25, 0.3) is 0 Å². The number of aromatic amines is 1. The number of rotatable bonds is 4. The molecule has 0 atom stereocenters. The summed E-state index contributed by atoms with van der Waals surface area (Å²) in [5, 5.41) is 10.4. The van der Waals surface area contributed by atoms with E-state index in [-0.39, 0.29) is 6.42 Å². The summed E-state index contributed by atoms with van der Waals surface area (Å²) in [6, 6.07) is 12.5. The topological polar surface area (TPSA) is 53.1 Å². The molecule has 0 aliphatic rings. The summed E-state index contributed by atoms with van der Waals surface area (Å²) in [6.45, 7) is 6.22. The van der Waals surface area contributed by atoms with Crippen molar-refractivity contribution in [3.63, 3.8) is 0 Å². The molecule has 0 fully saturated rings. The first kappa shape index (κ1) is 15.3. The van der Waals surface area contributed by atoms with Gasteiger partial charge in [-0.1, -0.05) is 37.3 Å². The Bertz CT molecular complexity index is 873. The first-order chi connectivity index (χ1) is 11.0. The fraction of sp³-hybridized carbons (Fsp3) is 0.250. The maximum absolute atomic E-state index is 11.4. The molecule has 0 radical (unpaired) electrons. The Hall–Kier alpha value is -2.55. The Morgan fingerprint density at radius 2 is 1.83 bits per heavy atom. The van der Waals surface area contributed by atoms with E-state index in [2.05, 4.69) is 55.2 Å². The average Bonchev–Trinajstić information content (AvgIpc) is 2.85. The predicted octanol–water partition coefficient (Wildman–Crippen LogP) is 4.64. The summed E-state index contributed by atoms with van der Waals surface area (Å²) >= 11 is 0. The van der Waals surface area contributed by atoms with Crippen LogP contribution in [0.4, 0.5) is 0 Å². The number of hydrogen-bond donors (Lipinski definition) is 2. The lowest BCUT2D eigenvalue weighted by molar-refractivity contribution is -0.136. The molecule has 0 aliphatic carbocycles. The molecule has 118 valence electrons. The lowest BCUT2D eigenvalue weighted by Gasteiger charge is -2.05. The van der Waals surface area contributed by atoms with Gasteiger partial charge in [-0.3, -0.25) is 4.79 Å². The standard InChI is InChI=1S/C20H21NO2/c1-4-14-5-7-15(8-6-14)20-16(11-18(22)23)19-13(3)9-12(2)10-17(19)21-20/h5-10,21H,4,11H2,1-3H3,(H,22,23). The number of carboxylic acids is 1. The van der Waals surface area contributed by atoms with Gasteiger partial charge in [0.15, 0.2) is 0 Å². The van der Waals surface area contributed by atoms with E-state index in [0.717, 1.165) is 39.7 Å². The molecule has 0 aliphatic heterocycles. The average molecular weight is 307 g/mol. The van der Waals surface area contributed by atoms with Crippen LogP contribution in [0.2, 0.25) is 0 Å². The van der Waals surface area contributed by atoms with Crippen molar-refractivity contribution < 1.29 is 9.90 Å². The number of fused-ring (bicyclic) bond motifs is 1. The van der Waals surface area contributed by atoms with E-state index in [1.165, 1.54) is 11.1 Å². The minimum absolute atomic E-state index is 0.0226. The summed E-state index contributed by atoms with van der Waals surface area (Å²) in [5.74, 6) is -0.808.